The molecule has 5 nitrogen and oxygen atoms in total. The van der Waals surface area contributed by atoms with Crippen LogP contribution in [-0.4, -0.2) is 42.7 Å². The highest BCUT2D eigenvalue weighted by molar-refractivity contribution is 5.73. The van der Waals surface area contributed by atoms with Crippen molar-refractivity contribution < 1.29 is 20.7 Å². The molecule has 1 unspecified atom stereocenters. The Kier molecular flexibility index (Phi) is 6.44. The molecule has 0 amide bonds. The van der Waals surface area contributed by atoms with Crippen LogP contribution in [0.4, 0.5) is 0 Å². The van der Waals surface area contributed by atoms with E-state index < -0.39 is 12.5 Å². The van der Waals surface area contributed by atoms with Gasteiger partial charge < -0.3 is 14.6 Å². The number of likely N-dealkylation sites (tertiary alicyclic amines) is 1. The Balaban J connectivity index is 1.44. The molecule has 1 atom stereocenters. The predicted octanol–water partition coefficient (Wildman–Crippen LogP) is 4.96. The maximum absolute atomic E-state index is 11.1. The van der Waals surface area contributed by atoms with Crippen molar-refractivity contribution >= 4 is 11.5 Å². The number of rotatable bonds is 9. The molecule has 4 rings (SSSR count). The second-order valence-electron chi connectivity index (χ2n) is 8.77. The van der Waals surface area contributed by atoms with Crippen molar-refractivity contribution in [2.24, 2.45) is 5.92 Å². The van der Waals surface area contributed by atoms with E-state index in [1.165, 1.54) is 11.1 Å². The molecular weight excluding hydrogens is 402 g/mol. The van der Waals surface area contributed by atoms with Gasteiger partial charge in [-0.2, -0.15) is 0 Å². The molecule has 1 aliphatic carbocycles. The molecule has 1 N–H and O–H groups in total. The zero-order chi connectivity index (χ0) is 23.5. The molecule has 2 aromatic carbocycles. The highest BCUT2D eigenvalue weighted by Gasteiger charge is 2.33. The molecule has 0 bridgehead atoms. The summed E-state index contributed by atoms with van der Waals surface area (Å²) in [5, 5.41) is 9.11. The highest BCUT2D eigenvalue weighted by atomic mass is 16.5. The molecule has 5 heteroatoms. The van der Waals surface area contributed by atoms with Crippen molar-refractivity contribution in [1.82, 2.24) is 4.90 Å². The first kappa shape index (κ1) is 21.1. The fraction of sp³-hybridized carbons (Fsp3) is 0.444. The fourth-order valence-electron chi connectivity index (χ4n) is 4.53. The van der Waals surface area contributed by atoms with Gasteiger partial charge in [-0.15, -0.1) is 0 Å². The van der Waals surface area contributed by atoms with Gasteiger partial charge in [0.2, 0.25) is 0 Å². The van der Waals surface area contributed by atoms with Crippen LogP contribution in [0.2, 0.25) is 0 Å². The first-order chi connectivity index (χ1) is 15.9. The second kappa shape index (κ2) is 9.78. The quantitative estimate of drug-likeness (QED) is 0.601. The van der Waals surface area contributed by atoms with Crippen LogP contribution in [0.5, 0.6) is 11.5 Å². The number of carboxylic acid groups (broad SMARTS) is 1. The molecule has 1 fully saturated rings. The Bertz CT molecular complexity index is 1060. The lowest BCUT2D eigenvalue weighted by Gasteiger charge is -2.38. The van der Waals surface area contributed by atoms with E-state index >= 15 is 0 Å². The molecule has 1 aliphatic heterocycles. The molecule has 2 aromatic rings. The molecule has 32 heavy (non-hydrogen) atoms. The first-order valence-corrected chi connectivity index (χ1v) is 11.4. The van der Waals surface area contributed by atoms with E-state index in [0.29, 0.717) is 19.7 Å². The van der Waals surface area contributed by atoms with Crippen LogP contribution in [0.3, 0.4) is 0 Å². The summed E-state index contributed by atoms with van der Waals surface area (Å²) in [6.07, 6.45) is 3.82. The SMILES string of the molecule is [3H]C(C1=C(C)c2ccc(OCc3ccc(CCC)cc3OC)cc2CC1)N1CC(C(=O)O)C1. The number of fused-ring (bicyclic) bond motifs is 1. The monoisotopic (exact) mass is 437 g/mol. The van der Waals surface area contributed by atoms with Crippen molar-refractivity contribution in [2.45, 2.75) is 46.1 Å². The summed E-state index contributed by atoms with van der Waals surface area (Å²) >= 11 is 0. The Morgan fingerprint density at radius 1 is 1.22 bits per heavy atom. The number of allylic oxidation sites excluding steroid dienone is 1. The van der Waals surface area contributed by atoms with Gasteiger partial charge in [-0.3, -0.25) is 9.69 Å². The standard InChI is InChI=1S/C27H33NO4/c1-4-5-19-6-7-22(26(12-19)31-3)17-32-24-10-11-25-18(2)21(9-8-20(25)13-24)14-28-15-23(16-28)27(29)30/h6-7,10-13,23H,4-5,8-9,14-17H2,1-3H3,(H,29,30)/i14T. The Labute approximate surface area is 192 Å². The highest BCUT2D eigenvalue weighted by Crippen LogP contribution is 2.35. The third kappa shape index (κ3) is 4.83. The average molecular weight is 438 g/mol. The number of methoxy groups -OCH3 is 1. The topological polar surface area (TPSA) is 59.0 Å². The molecule has 1 heterocycles. The maximum Gasteiger partial charge on any atom is 0.309 e. The molecule has 0 radical (unpaired) electrons. The fourth-order valence-corrected chi connectivity index (χ4v) is 4.53. The average Bonchev–Trinajstić information content (AvgIpc) is 2.77. The lowest BCUT2D eigenvalue weighted by atomic mass is 9.85. The van der Waals surface area contributed by atoms with Crippen LogP contribution in [0.15, 0.2) is 42.0 Å². The number of aliphatic carboxylic acids is 1. The molecular formula is C27H33NO4. The van der Waals surface area contributed by atoms with Crippen LogP contribution in [0.1, 0.15) is 50.3 Å². The molecule has 170 valence electrons. The van der Waals surface area contributed by atoms with E-state index in [9.17, 15) is 4.79 Å². The summed E-state index contributed by atoms with van der Waals surface area (Å²) in [6, 6.07) is 12.5. The Hall–Kier alpha value is -2.79. The van der Waals surface area contributed by atoms with Gasteiger partial charge >= 0.3 is 5.97 Å². The van der Waals surface area contributed by atoms with Gasteiger partial charge in [-0.1, -0.05) is 37.1 Å². The van der Waals surface area contributed by atoms with Crippen molar-refractivity contribution in [3.63, 3.8) is 0 Å². The Morgan fingerprint density at radius 2 is 2.03 bits per heavy atom. The van der Waals surface area contributed by atoms with E-state index in [-0.39, 0.29) is 5.92 Å². The minimum absolute atomic E-state index is 0.337. The zero-order valence-corrected chi connectivity index (χ0v) is 19.2. The number of ether oxygens (including phenoxy) is 2. The largest absolute Gasteiger partial charge is 0.496 e. The second-order valence-corrected chi connectivity index (χ2v) is 8.77. The third-order valence-corrected chi connectivity index (χ3v) is 6.51. The van der Waals surface area contributed by atoms with Crippen molar-refractivity contribution in [3.05, 3.63) is 64.2 Å². The molecule has 0 aromatic heterocycles. The van der Waals surface area contributed by atoms with Crippen LogP contribution in [0, 0.1) is 5.92 Å². The molecule has 2 aliphatic rings. The van der Waals surface area contributed by atoms with E-state index in [1.54, 1.807) is 7.11 Å². The van der Waals surface area contributed by atoms with Gasteiger partial charge in [0.1, 0.15) is 18.1 Å². The minimum Gasteiger partial charge on any atom is -0.496 e. The first-order valence-electron chi connectivity index (χ1n) is 12.0. The number of hydrogen-bond acceptors (Lipinski definition) is 4. The smallest absolute Gasteiger partial charge is 0.309 e. The Morgan fingerprint density at radius 3 is 2.75 bits per heavy atom. The van der Waals surface area contributed by atoms with E-state index in [1.807, 2.05) is 11.0 Å². The number of nitrogens with zero attached hydrogens (tertiary/aromatic N) is 1. The van der Waals surface area contributed by atoms with E-state index in [4.69, 9.17) is 16.0 Å². The predicted molar refractivity (Wildman–Crippen MR) is 126 cm³/mol. The lowest BCUT2D eigenvalue weighted by Crippen LogP contribution is -2.50. The minimum atomic E-state index is -0.764. The summed E-state index contributed by atoms with van der Waals surface area (Å²) in [5.41, 5.74) is 6.93. The summed E-state index contributed by atoms with van der Waals surface area (Å²) in [7, 11) is 1.70. The number of carboxylic acids is 1. The van der Waals surface area contributed by atoms with Crippen molar-refractivity contribution in [1.29, 1.82) is 0 Å². The summed E-state index contributed by atoms with van der Waals surface area (Å²) in [5.74, 6) is 0.593. The summed E-state index contributed by atoms with van der Waals surface area (Å²) in [4.78, 5) is 13.0. The number of hydrogen-bond donors (Lipinski definition) is 1. The zero-order valence-electron chi connectivity index (χ0n) is 20.2. The summed E-state index contributed by atoms with van der Waals surface area (Å²) < 4.78 is 20.3. The number of benzene rings is 2. The van der Waals surface area contributed by atoms with Gasteiger partial charge in [-0.25, -0.2) is 0 Å². The van der Waals surface area contributed by atoms with Crippen LogP contribution in [-0.2, 0) is 24.2 Å². The van der Waals surface area contributed by atoms with Gasteiger partial charge in [-0.05, 0) is 66.6 Å². The lowest BCUT2D eigenvalue weighted by molar-refractivity contribution is -0.147. The van der Waals surface area contributed by atoms with Gasteiger partial charge in [0.05, 0.1) is 13.0 Å². The van der Waals surface area contributed by atoms with Crippen LogP contribution in [0.25, 0.3) is 5.57 Å². The van der Waals surface area contributed by atoms with Crippen molar-refractivity contribution in [2.75, 3.05) is 26.7 Å². The van der Waals surface area contributed by atoms with Crippen LogP contribution >= 0.6 is 0 Å². The van der Waals surface area contributed by atoms with Crippen molar-refractivity contribution in [3.8, 4) is 11.5 Å². The number of carbonyl (C=O) groups is 1. The molecule has 0 saturated carbocycles. The van der Waals surface area contributed by atoms with Gasteiger partial charge in [0.15, 0.2) is 0 Å². The van der Waals surface area contributed by atoms with E-state index in [0.717, 1.165) is 59.5 Å². The van der Waals surface area contributed by atoms with Gasteiger partial charge in [0, 0.05) is 26.5 Å². The van der Waals surface area contributed by atoms with E-state index in [2.05, 4.69) is 44.2 Å². The maximum atomic E-state index is 11.1. The number of aryl methyl sites for hydroxylation is 2. The van der Waals surface area contributed by atoms with Gasteiger partial charge in [0.25, 0.3) is 0 Å². The molecule has 0 spiro atoms. The molecule has 1 saturated heterocycles. The summed E-state index contributed by atoms with van der Waals surface area (Å²) in [6.45, 7) is 5.15. The normalized spacial score (nSPS) is 17.9. The van der Waals surface area contributed by atoms with Crippen LogP contribution < -0.4 is 9.47 Å². The third-order valence-electron chi connectivity index (χ3n) is 6.51.